The van der Waals surface area contributed by atoms with Crippen molar-refractivity contribution >= 4 is 16.9 Å². The maximum Gasteiger partial charge on any atom is 0.342 e. The minimum atomic E-state index is -2.07. The van der Waals surface area contributed by atoms with E-state index in [4.69, 9.17) is 9.52 Å². The lowest BCUT2D eigenvalue weighted by Gasteiger charge is -2.19. The maximum absolute atomic E-state index is 12.6. The minimum Gasteiger partial charge on any atom is -0.507 e. The van der Waals surface area contributed by atoms with Crippen molar-refractivity contribution in [1.29, 1.82) is 0 Å². The smallest absolute Gasteiger partial charge is 0.342 e. The summed E-state index contributed by atoms with van der Waals surface area (Å²) in [5.74, 6) is -1.14. The van der Waals surface area contributed by atoms with E-state index in [-0.39, 0.29) is 47.5 Å². The zero-order valence-corrected chi connectivity index (χ0v) is 11.8. The van der Waals surface area contributed by atoms with E-state index in [0.717, 1.165) is 7.11 Å². The average molecular weight is 306 g/mol. The zero-order valence-electron chi connectivity index (χ0n) is 11.8. The van der Waals surface area contributed by atoms with Gasteiger partial charge < -0.3 is 24.5 Å². The van der Waals surface area contributed by atoms with Gasteiger partial charge in [-0.25, -0.2) is 4.79 Å². The molecule has 1 atom stereocenters. The van der Waals surface area contributed by atoms with Crippen LogP contribution in [0.1, 0.15) is 23.3 Å². The summed E-state index contributed by atoms with van der Waals surface area (Å²) in [5.41, 5.74) is -2.46. The number of benzene rings is 1. The Bertz CT molecular complexity index is 836. The first-order valence-electron chi connectivity index (χ1n) is 6.66. The van der Waals surface area contributed by atoms with Crippen LogP contribution in [-0.2, 0) is 28.2 Å². The first kappa shape index (κ1) is 14.6. The first-order valence-corrected chi connectivity index (χ1v) is 6.66. The molecule has 0 unspecified atom stereocenters. The third kappa shape index (κ3) is 1.83. The Morgan fingerprint density at radius 3 is 2.82 bits per heavy atom. The summed E-state index contributed by atoms with van der Waals surface area (Å²) in [5, 5.41) is 29.5. The number of phenolic OH excluding ortho intramolecular Hbond substituents is 1. The van der Waals surface area contributed by atoms with Crippen LogP contribution in [0.3, 0.4) is 0 Å². The van der Waals surface area contributed by atoms with Crippen LogP contribution in [0, 0.1) is 0 Å². The van der Waals surface area contributed by atoms with E-state index in [1.54, 1.807) is 0 Å². The maximum atomic E-state index is 12.6. The molecule has 116 valence electrons. The standard InChI is InChI=1S/C15H14O7/c1-21-14(19)15(20)3-2-9-12(15)13(18)11-8(17)4-7(6-16)5-10(11)22-9/h4-5,16-17,20H,2-3,6H2,1H3/t15-/m0/s1. The van der Waals surface area contributed by atoms with Gasteiger partial charge in [-0.3, -0.25) is 4.79 Å². The number of aryl methyl sites for hydroxylation is 1. The molecule has 0 saturated heterocycles. The molecule has 1 aromatic heterocycles. The van der Waals surface area contributed by atoms with Gasteiger partial charge in [-0.2, -0.15) is 0 Å². The van der Waals surface area contributed by atoms with Crippen LogP contribution in [0.15, 0.2) is 21.3 Å². The van der Waals surface area contributed by atoms with Crippen molar-refractivity contribution in [3.8, 4) is 5.75 Å². The van der Waals surface area contributed by atoms with Gasteiger partial charge in [-0.05, 0) is 24.1 Å². The number of aliphatic hydroxyl groups excluding tert-OH is 1. The largest absolute Gasteiger partial charge is 0.507 e. The van der Waals surface area contributed by atoms with Gasteiger partial charge in [0.2, 0.25) is 5.43 Å². The quantitative estimate of drug-likeness (QED) is 0.683. The molecular weight excluding hydrogens is 292 g/mol. The predicted molar refractivity (Wildman–Crippen MR) is 74.3 cm³/mol. The fourth-order valence-corrected chi connectivity index (χ4v) is 2.88. The summed E-state index contributed by atoms with van der Waals surface area (Å²) in [7, 11) is 1.12. The SMILES string of the molecule is COC(=O)[C@]1(O)CCc2oc3cc(CO)cc(O)c3c(=O)c21. The van der Waals surface area contributed by atoms with Gasteiger partial charge in [-0.1, -0.05) is 0 Å². The Kier molecular flexibility index (Phi) is 3.19. The average Bonchev–Trinajstić information content (AvgIpc) is 2.84. The predicted octanol–water partition coefficient (Wildman–Crippen LogP) is 0.298. The Morgan fingerprint density at radius 2 is 2.18 bits per heavy atom. The molecule has 1 heterocycles. The fraction of sp³-hybridized carbons (Fsp3) is 0.333. The number of hydrogen-bond acceptors (Lipinski definition) is 7. The molecular formula is C15H14O7. The molecule has 7 heteroatoms. The number of ether oxygens (including phenoxy) is 1. The Hall–Kier alpha value is -2.38. The lowest BCUT2D eigenvalue weighted by atomic mass is 9.95. The van der Waals surface area contributed by atoms with Gasteiger partial charge in [0.05, 0.1) is 19.3 Å². The number of esters is 1. The van der Waals surface area contributed by atoms with Crippen LogP contribution in [0.2, 0.25) is 0 Å². The van der Waals surface area contributed by atoms with Crippen LogP contribution in [0.5, 0.6) is 5.75 Å². The van der Waals surface area contributed by atoms with E-state index in [2.05, 4.69) is 4.74 Å². The van der Waals surface area contributed by atoms with Gasteiger partial charge in [0, 0.05) is 6.42 Å². The van der Waals surface area contributed by atoms with Crippen LogP contribution in [0.4, 0.5) is 0 Å². The summed E-state index contributed by atoms with van der Waals surface area (Å²) >= 11 is 0. The van der Waals surface area contributed by atoms with Gasteiger partial charge in [0.15, 0.2) is 5.60 Å². The van der Waals surface area contributed by atoms with E-state index < -0.39 is 17.0 Å². The topological polar surface area (TPSA) is 117 Å². The molecule has 1 aliphatic carbocycles. The normalized spacial score (nSPS) is 20.1. The number of aliphatic hydroxyl groups is 2. The van der Waals surface area contributed by atoms with Crippen molar-refractivity contribution in [3.05, 3.63) is 39.2 Å². The lowest BCUT2D eigenvalue weighted by Crippen LogP contribution is -2.38. The van der Waals surface area contributed by atoms with Crippen molar-refractivity contribution in [2.75, 3.05) is 7.11 Å². The van der Waals surface area contributed by atoms with Gasteiger partial charge >= 0.3 is 5.97 Å². The monoisotopic (exact) mass is 306 g/mol. The highest BCUT2D eigenvalue weighted by Gasteiger charge is 2.48. The third-order valence-electron chi connectivity index (χ3n) is 3.94. The van der Waals surface area contributed by atoms with E-state index in [9.17, 15) is 19.8 Å². The molecule has 7 nitrogen and oxygen atoms in total. The van der Waals surface area contributed by atoms with E-state index in [1.807, 2.05) is 0 Å². The zero-order chi connectivity index (χ0) is 16.1. The van der Waals surface area contributed by atoms with Gasteiger partial charge in [-0.15, -0.1) is 0 Å². The molecule has 2 aromatic rings. The van der Waals surface area contributed by atoms with Crippen molar-refractivity contribution in [2.24, 2.45) is 0 Å². The fourth-order valence-electron chi connectivity index (χ4n) is 2.88. The van der Waals surface area contributed by atoms with Crippen molar-refractivity contribution < 1.29 is 29.3 Å². The van der Waals surface area contributed by atoms with Crippen LogP contribution in [-0.4, -0.2) is 28.4 Å². The van der Waals surface area contributed by atoms with E-state index in [1.165, 1.54) is 12.1 Å². The van der Waals surface area contributed by atoms with Gasteiger partial charge in [0.1, 0.15) is 22.5 Å². The number of hydrogen-bond donors (Lipinski definition) is 3. The highest BCUT2D eigenvalue weighted by atomic mass is 16.5. The van der Waals surface area contributed by atoms with E-state index in [0.29, 0.717) is 5.56 Å². The molecule has 0 spiro atoms. The molecule has 0 amide bonds. The number of fused-ring (bicyclic) bond motifs is 2. The lowest BCUT2D eigenvalue weighted by molar-refractivity contribution is -0.163. The van der Waals surface area contributed by atoms with Crippen LogP contribution < -0.4 is 5.43 Å². The van der Waals surface area contributed by atoms with Crippen LogP contribution in [0.25, 0.3) is 11.0 Å². The highest BCUT2D eigenvalue weighted by Crippen LogP contribution is 2.38. The highest BCUT2D eigenvalue weighted by molar-refractivity contribution is 5.88. The Balaban J connectivity index is 2.36. The minimum absolute atomic E-state index is 0.0301. The molecule has 3 N–H and O–H groups in total. The number of carbonyl (C=O) groups excluding carboxylic acids is 1. The summed E-state index contributed by atoms with van der Waals surface area (Å²) in [4.78, 5) is 24.5. The second-order valence-electron chi connectivity index (χ2n) is 5.23. The third-order valence-corrected chi connectivity index (χ3v) is 3.94. The molecule has 0 bridgehead atoms. The second kappa shape index (κ2) is 4.82. The van der Waals surface area contributed by atoms with E-state index >= 15 is 0 Å². The Morgan fingerprint density at radius 1 is 1.45 bits per heavy atom. The van der Waals surface area contributed by atoms with Gasteiger partial charge in [0.25, 0.3) is 0 Å². The van der Waals surface area contributed by atoms with Crippen molar-refractivity contribution in [1.82, 2.24) is 0 Å². The number of methoxy groups -OCH3 is 1. The molecule has 1 aromatic carbocycles. The molecule has 22 heavy (non-hydrogen) atoms. The second-order valence-corrected chi connectivity index (χ2v) is 5.23. The summed E-state index contributed by atoms with van der Waals surface area (Å²) in [6.07, 6.45) is 0.161. The number of phenols is 1. The molecule has 0 fully saturated rings. The summed E-state index contributed by atoms with van der Waals surface area (Å²) in [6, 6.07) is 2.67. The number of rotatable bonds is 2. The summed E-state index contributed by atoms with van der Waals surface area (Å²) in [6.45, 7) is -0.323. The van der Waals surface area contributed by atoms with Crippen molar-refractivity contribution in [2.45, 2.75) is 25.0 Å². The first-order chi connectivity index (χ1) is 10.4. The van der Waals surface area contributed by atoms with Crippen LogP contribution >= 0.6 is 0 Å². The molecule has 1 aliphatic rings. The molecule has 3 rings (SSSR count). The molecule has 0 radical (unpaired) electrons. The number of aromatic hydroxyl groups is 1. The number of carbonyl (C=O) groups is 1. The molecule has 0 saturated carbocycles. The van der Waals surface area contributed by atoms with Crippen molar-refractivity contribution in [3.63, 3.8) is 0 Å². The molecule has 0 aliphatic heterocycles. The summed E-state index contributed by atoms with van der Waals surface area (Å²) < 4.78 is 10.1. The Labute approximate surface area is 124 Å².